The molecule has 0 atom stereocenters. The lowest BCUT2D eigenvalue weighted by atomic mass is 9.77. The molecule has 1 amide bonds. The fourth-order valence-corrected chi connectivity index (χ4v) is 2.87. The number of carboxylic acid groups (broad SMARTS) is 1. The highest BCUT2D eigenvalue weighted by Crippen LogP contribution is 2.38. The number of carbonyl (C=O) groups is 2. The van der Waals surface area contributed by atoms with Gasteiger partial charge in [0.1, 0.15) is 6.61 Å². The SMILES string of the molecule is COC1(CC(=O)N2CCC(OCC(=O)O)CC2)CCC1. The summed E-state index contributed by atoms with van der Waals surface area (Å²) in [6, 6.07) is 0. The highest BCUT2D eigenvalue weighted by Gasteiger charge is 2.40. The van der Waals surface area contributed by atoms with E-state index in [0.29, 0.717) is 32.4 Å². The number of methoxy groups -OCH3 is 1. The number of aliphatic carboxylic acids is 1. The van der Waals surface area contributed by atoms with Crippen molar-refractivity contribution in [2.45, 2.75) is 50.2 Å². The molecule has 20 heavy (non-hydrogen) atoms. The van der Waals surface area contributed by atoms with Crippen molar-refractivity contribution in [1.29, 1.82) is 0 Å². The molecule has 0 radical (unpaired) electrons. The smallest absolute Gasteiger partial charge is 0.329 e. The van der Waals surface area contributed by atoms with Crippen LogP contribution in [0, 0.1) is 0 Å². The Hall–Kier alpha value is -1.14. The molecular weight excluding hydrogens is 262 g/mol. The van der Waals surface area contributed by atoms with Crippen molar-refractivity contribution in [3.05, 3.63) is 0 Å². The molecule has 2 fully saturated rings. The van der Waals surface area contributed by atoms with Gasteiger partial charge in [-0.25, -0.2) is 4.79 Å². The quantitative estimate of drug-likeness (QED) is 0.789. The van der Waals surface area contributed by atoms with E-state index in [-0.39, 0.29) is 24.2 Å². The summed E-state index contributed by atoms with van der Waals surface area (Å²) in [5.41, 5.74) is -0.228. The molecule has 2 aliphatic rings. The van der Waals surface area contributed by atoms with Gasteiger partial charge in [-0.15, -0.1) is 0 Å². The second-order valence-electron chi connectivity index (χ2n) is 5.70. The fourth-order valence-electron chi connectivity index (χ4n) is 2.87. The summed E-state index contributed by atoms with van der Waals surface area (Å²) in [5, 5.41) is 8.57. The zero-order chi connectivity index (χ0) is 14.6. The molecule has 1 aliphatic heterocycles. The van der Waals surface area contributed by atoms with Gasteiger partial charge < -0.3 is 19.5 Å². The summed E-state index contributed by atoms with van der Waals surface area (Å²) < 4.78 is 10.7. The van der Waals surface area contributed by atoms with Crippen LogP contribution in [0.2, 0.25) is 0 Å². The van der Waals surface area contributed by atoms with Crippen molar-refractivity contribution in [2.75, 3.05) is 26.8 Å². The molecule has 0 aromatic heterocycles. The van der Waals surface area contributed by atoms with Crippen LogP contribution in [0.25, 0.3) is 0 Å². The Morgan fingerprint density at radius 3 is 2.40 bits per heavy atom. The van der Waals surface area contributed by atoms with Crippen LogP contribution in [0.4, 0.5) is 0 Å². The van der Waals surface area contributed by atoms with Crippen LogP contribution in [-0.4, -0.2) is 60.4 Å². The molecule has 0 unspecified atom stereocenters. The number of likely N-dealkylation sites (tertiary alicyclic amines) is 1. The van der Waals surface area contributed by atoms with Gasteiger partial charge in [-0.2, -0.15) is 0 Å². The molecule has 2 rings (SSSR count). The first-order chi connectivity index (χ1) is 9.54. The number of nitrogens with zero attached hydrogens (tertiary/aromatic N) is 1. The Kier molecular flexibility index (Phi) is 4.99. The van der Waals surface area contributed by atoms with E-state index in [1.807, 2.05) is 4.90 Å². The van der Waals surface area contributed by atoms with Crippen molar-refractivity contribution < 1.29 is 24.2 Å². The van der Waals surface area contributed by atoms with E-state index >= 15 is 0 Å². The van der Waals surface area contributed by atoms with Gasteiger partial charge in [-0.05, 0) is 32.1 Å². The zero-order valence-corrected chi connectivity index (χ0v) is 12.0. The number of carboxylic acids is 1. The van der Waals surface area contributed by atoms with Gasteiger partial charge in [0, 0.05) is 20.2 Å². The third kappa shape index (κ3) is 3.70. The minimum absolute atomic E-state index is 0.0461. The topological polar surface area (TPSA) is 76.1 Å². The molecule has 0 aromatic rings. The summed E-state index contributed by atoms with van der Waals surface area (Å²) in [6.45, 7) is 1.03. The van der Waals surface area contributed by atoms with E-state index in [1.54, 1.807) is 7.11 Å². The van der Waals surface area contributed by atoms with Crippen molar-refractivity contribution in [3.8, 4) is 0 Å². The molecule has 6 nitrogen and oxygen atoms in total. The van der Waals surface area contributed by atoms with Crippen molar-refractivity contribution >= 4 is 11.9 Å². The van der Waals surface area contributed by atoms with Crippen LogP contribution in [0.5, 0.6) is 0 Å². The van der Waals surface area contributed by atoms with E-state index < -0.39 is 5.97 Å². The number of carbonyl (C=O) groups excluding carboxylic acids is 1. The minimum atomic E-state index is -0.949. The Bertz CT molecular complexity index is 353. The average Bonchev–Trinajstić information content (AvgIpc) is 2.41. The maximum absolute atomic E-state index is 12.2. The van der Waals surface area contributed by atoms with Crippen molar-refractivity contribution in [2.24, 2.45) is 0 Å². The Labute approximate surface area is 119 Å². The summed E-state index contributed by atoms with van der Waals surface area (Å²) in [5.74, 6) is -0.807. The predicted octanol–water partition coefficient (Wildman–Crippen LogP) is 1.04. The lowest BCUT2D eigenvalue weighted by Gasteiger charge is -2.42. The Balaban J connectivity index is 1.73. The highest BCUT2D eigenvalue weighted by molar-refractivity contribution is 5.77. The molecule has 1 saturated carbocycles. The van der Waals surface area contributed by atoms with E-state index in [9.17, 15) is 9.59 Å². The van der Waals surface area contributed by atoms with Crippen molar-refractivity contribution in [1.82, 2.24) is 4.90 Å². The number of hydrogen-bond acceptors (Lipinski definition) is 4. The molecule has 114 valence electrons. The molecule has 1 aliphatic carbocycles. The number of hydrogen-bond donors (Lipinski definition) is 1. The fraction of sp³-hybridized carbons (Fsp3) is 0.857. The maximum Gasteiger partial charge on any atom is 0.329 e. The first kappa shape index (κ1) is 15.3. The average molecular weight is 285 g/mol. The summed E-state index contributed by atoms with van der Waals surface area (Å²) in [7, 11) is 1.68. The Morgan fingerprint density at radius 1 is 1.30 bits per heavy atom. The van der Waals surface area contributed by atoms with Crippen LogP contribution in [0.1, 0.15) is 38.5 Å². The highest BCUT2D eigenvalue weighted by atomic mass is 16.5. The van der Waals surface area contributed by atoms with E-state index in [1.165, 1.54) is 0 Å². The van der Waals surface area contributed by atoms with Gasteiger partial charge in [-0.3, -0.25) is 4.79 Å². The predicted molar refractivity (Wildman–Crippen MR) is 71.4 cm³/mol. The lowest BCUT2D eigenvalue weighted by Crippen LogP contribution is -2.47. The normalized spacial score (nSPS) is 22.4. The van der Waals surface area contributed by atoms with E-state index in [4.69, 9.17) is 14.6 Å². The molecule has 0 bridgehead atoms. The first-order valence-electron chi connectivity index (χ1n) is 7.21. The molecule has 1 saturated heterocycles. The van der Waals surface area contributed by atoms with Crippen LogP contribution in [0.15, 0.2) is 0 Å². The second-order valence-corrected chi connectivity index (χ2v) is 5.70. The van der Waals surface area contributed by atoms with E-state index in [0.717, 1.165) is 19.3 Å². The Morgan fingerprint density at radius 2 is 1.95 bits per heavy atom. The molecular formula is C14H23NO5. The van der Waals surface area contributed by atoms with E-state index in [2.05, 4.69) is 0 Å². The van der Waals surface area contributed by atoms with Gasteiger partial charge in [-0.1, -0.05) is 0 Å². The number of amides is 1. The van der Waals surface area contributed by atoms with Gasteiger partial charge >= 0.3 is 5.97 Å². The summed E-state index contributed by atoms with van der Waals surface area (Å²) in [4.78, 5) is 24.5. The number of piperidine rings is 1. The summed E-state index contributed by atoms with van der Waals surface area (Å²) in [6.07, 6.45) is 4.89. The second kappa shape index (κ2) is 6.54. The first-order valence-corrected chi connectivity index (χ1v) is 7.21. The zero-order valence-electron chi connectivity index (χ0n) is 12.0. The molecule has 6 heteroatoms. The standard InChI is InChI=1S/C14H23NO5/c1-19-14(5-2-6-14)9-12(16)15-7-3-11(4-8-15)20-10-13(17)18/h11H,2-10H2,1H3,(H,17,18). The molecule has 0 spiro atoms. The molecule has 0 aromatic carbocycles. The summed E-state index contributed by atoms with van der Waals surface area (Å²) >= 11 is 0. The van der Waals surface area contributed by atoms with Crippen molar-refractivity contribution in [3.63, 3.8) is 0 Å². The van der Waals surface area contributed by atoms with Crippen LogP contribution >= 0.6 is 0 Å². The molecule has 1 N–H and O–H groups in total. The number of rotatable bonds is 6. The third-order valence-electron chi connectivity index (χ3n) is 4.41. The number of ether oxygens (including phenoxy) is 2. The van der Waals surface area contributed by atoms with Crippen LogP contribution < -0.4 is 0 Å². The van der Waals surface area contributed by atoms with Gasteiger partial charge in [0.25, 0.3) is 0 Å². The largest absolute Gasteiger partial charge is 0.480 e. The van der Waals surface area contributed by atoms with Gasteiger partial charge in [0.05, 0.1) is 18.1 Å². The van der Waals surface area contributed by atoms with Crippen LogP contribution in [0.3, 0.4) is 0 Å². The van der Waals surface area contributed by atoms with Crippen LogP contribution in [-0.2, 0) is 19.1 Å². The minimum Gasteiger partial charge on any atom is -0.480 e. The maximum atomic E-state index is 12.2. The third-order valence-corrected chi connectivity index (χ3v) is 4.41. The van der Waals surface area contributed by atoms with Gasteiger partial charge in [0.15, 0.2) is 0 Å². The molecule has 1 heterocycles. The lowest BCUT2D eigenvalue weighted by molar-refractivity contribution is -0.150. The monoisotopic (exact) mass is 285 g/mol. The van der Waals surface area contributed by atoms with Gasteiger partial charge in [0.2, 0.25) is 5.91 Å².